The third kappa shape index (κ3) is 7.42. The molecule has 1 aromatic heterocycles. The van der Waals surface area contributed by atoms with E-state index in [-0.39, 0.29) is 17.6 Å². The van der Waals surface area contributed by atoms with Crippen LogP contribution in [0.1, 0.15) is 54.4 Å². The summed E-state index contributed by atoms with van der Waals surface area (Å²) in [7, 11) is 0. The van der Waals surface area contributed by atoms with Gasteiger partial charge in [-0.15, -0.1) is 0 Å². The summed E-state index contributed by atoms with van der Waals surface area (Å²) in [5.41, 5.74) is 9.80. The summed E-state index contributed by atoms with van der Waals surface area (Å²) in [5.74, 6) is 0.236. The molecule has 2 aromatic rings. The van der Waals surface area contributed by atoms with Crippen molar-refractivity contribution in [1.82, 2.24) is 24.5 Å². The average molecular weight is 608 g/mol. The lowest BCUT2D eigenvalue weighted by Gasteiger charge is -2.42. The number of nitrogens with two attached hydrogens (primary N) is 1. The zero-order valence-electron chi connectivity index (χ0n) is 25.4. The molecule has 5 rings (SSSR count). The van der Waals surface area contributed by atoms with E-state index in [1.165, 1.54) is 11.8 Å². The summed E-state index contributed by atoms with van der Waals surface area (Å²) < 4.78 is 2.11. The molecule has 11 nitrogen and oxygen atoms in total. The number of thiol groups is 1. The Bertz CT molecular complexity index is 1320. The van der Waals surface area contributed by atoms with Gasteiger partial charge in [-0.25, -0.2) is 9.97 Å². The smallest absolute Gasteiger partial charge is 0.271 e. The van der Waals surface area contributed by atoms with E-state index >= 15 is 0 Å². The van der Waals surface area contributed by atoms with Crippen LogP contribution in [0.15, 0.2) is 30.9 Å². The zero-order valence-corrected chi connectivity index (χ0v) is 26.3. The number of hydrogen-bond donors (Lipinski definition) is 4. The van der Waals surface area contributed by atoms with Crippen LogP contribution >= 0.6 is 12.8 Å². The van der Waals surface area contributed by atoms with Crippen LogP contribution in [0.5, 0.6) is 0 Å². The van der Waals surface area contributed by atoms with Crippen LogP contribution in [-0.4, -0.2) is 95.4 Å². The van der Waals surface area contributed by atoms with Gasteiger partial charge >= 0.3 is 0 Å². The molecule has 3 aliphatic heterocycles. The number of piperazine rings is 1. The molecule has 0 spiro atoms. The molecule has 0 bridgehead atoms. The maximum absolute atomic E-state index is 12.5. The van der Waals surface area contributed by atoms with Crippen LogP contribution in [-0.2, 0) is 11.2 Å². The lowest BCUT2D eigenvalue weighted by molar-refractivity contribution is -0.117. The van der Waals surface area contributed by atoms with Gasteiger partial charge in [0.05, 0.1) is 5.69 Å². The molecule has 0 saturated carbocycles. The SMILES string of the molecule is C=CC(=O)NC1CCCN(c2nc(Nc3ccc(N4CCC(N5CCN(S)CC5)CC4)c(C)c3)c(C(N)=O)nc2CC)C1. The van der Waals surface area contributed by atoms with Crippen LogP contribution in [0.25, 0.3) is 0 Å². The van der Waals surface area contributed by atoms with Gasteiger partial charge in [0, 0.05) is 75.8 Å². The molecule has 0 radical (unpaired) electrons. The first kappa shape index (κ1) is 31.1. The third-order valence-electron chi connectivity index (χ3n) is 8.84. The molecular formula is C31H45N9O2S. The van der Waals surface area contributed by atoms with Crippen LogP contribution in [0.3, 0.4) is 0 Å². The molecule has 1 unspecified atom stereocenters. The second-order valence-corrected chi connectivity index (χ2v) is 12.3. The second-order valence-electron chi connectivity index (χ2n) is 11.7. The van der Waals surface area contributed by atoms with Crippen LogP contribution in [0, 0.1) is 6.92 Å². The van der Waals surface area contributed by atoms with Crippen molar-refractivity contribution in [2.75, 3.05) is 67.5 Å². The number of nitrogens with one attached hydrogen (secondary N) is 2. The van der Waals surface area contributed by atoms with Gasteiger partial charge in [-0.2, -0.15) is 0 Å². The highest BCUT2D eigenvalue weighted by molar-refractivity contribution is 7.77. The number of piperidine rings is 2. The number of aromatic nitrogens is 2. The van der Waals surface area contributed by atoms with E-state index in [4.69, 9.17) is 10.7 Å². The highest BCUT2D eigenvalue weighted by atomic mass is 32.1. The summed E-state index contributed by atoms with van der Waals surface area (Å²) in [4.78, 5) is 41.2. The summed E-state index contributed by atoms with van der Waals surface area (Å²) in [5, 5.41) is 6.34. The number of carbonyl (C=O) groups excluding carboxylic acids is 2. The number of amides is 2. The van der Waals surface area contributed by atoms with Gasteiger partial charge in [0.1, 0.15) is 0 Å². The third-order valence-corrected chi connectivity index (χ3v) is 9.24. The second kappa shape index (κ2) is 14.0. The van der Waals surface area contributed by atoms with Crippen molar-refractivity contribution in [3.8, 4) is 0 Å². The van der Waals surface area contributed by atoms with Crippen molar-refractivity contribution in [3.63, 3.8) is 0 Å². The number of rotatable bonds is 9. The van der Waals surface area contributed by atoms with E-state index in [9.17, 15) is 9.59 Å². The van der Waals surface area contributed by atoms with Crippen molar-refractivity contribution in [3.05, 3.63) is 47.8 Å². The number of aryl methyl sites for hydroxylation is 2. The van der Waals surface area contributed by atoms with E-state index < -0.39 is 5.91 Å². The fourth-order valence-corrected chi connectivity index (χ4v) is 6.71. The molecular weight excluding hydrogens is 562 g/mol. The Labute approximate surface area is 260 Å². The Balaban J connectivity index is 1.31. The summed E-state index contributed by atoms with van der Waals surface area (Å²) in [6.45, 7) is 15.3. The first-order chi connectivity index (χ1) is 20.7. The minimum Gasteiger partial charge on any atom is -0.371 e. The number of nitrogens with zero attached hydrogens (tertiary/aromatic N) is 6. The predicted molar refractivity (Wildman–Crippen MR) is 175 cm³/mol. The lowest BCUT2D eigenvalue weighted by Crippen LogP contribution is -2.51. The fraction of sp³-hybridized carbons (Fsp3) is 0.548. The van der Waals surface area contributed by atoms with Gasteiger partial charge in [-0.05, 0) is 68.9 Å². The summed E-state index contributed by atoms with van der Waals surface area (Å²) in [6.07, 6.45) is 5.99. The van der Waals surface area contributed by atoms with Gasteiger partial charge < -0.3 is 26.2 Å². The predicted octanol–water partition coefficient (Wildman–Crippen LogP) is 2.89. The van der Waals surface area contributed by atoms with E-state index in [2.05, 4.69) is 73.1 Å². The van der Waals surface area contributed by atoms with Crippen molar-refractivity contribution < 1.29 is 9.59 Å². The maximum Gasteiger partial charge on any atom is 0.271 e. The summed E-state index contributed by atoms with van der Waals surface area (Å²) in [6, 6.07) is 6.89. The molecule has 3 fully saturated rings. The van der Waals surface area contributed by atoms with E-state index in [1.54, 1.807) is 0 Å². The summed E-state index contributed by atoms with van der Waals surface area (Å²) >= 11 is 4.49. The van der Waals surface area contributed by atoms with Crippen LogP contribution < -0.4 is 26.2 Å². The van der Waals surface area contributed by atoms with E-state index in [1.807, 2.05) is 13.0 Å². The Morgan fingerprint density at radius 1 is 1.07 bits per heavy atom. The molecule has 43 heavy (non-hydrogen) atoms. The fourth-order valence-electron chi connectivity index (χ4n) is 6.53. The highest BCUT2D eigenvalue weighted by Gasteiger charge is 2.28. The molecule has 2 amide bonds. The number of hydrogen-bond acceptors (Lipinski definition) is 10. The quantitative estimate of drug-likeness (QED) is 0.252. The molecule has 12 heteroatoms. The molecule has 4 heterocycles. The van der Waals surface area contributed by atoms with Gasteiger partial charge in [0.2, 0.25) is 5.91 Å². The van der Waals surface area contributed by atoms with Crippen LogP contribution in [0.2, 0.25) is 0 Å². The standard InChI is InChI=1S/C31H45N9O2S/c1-4-25-31(39-12-6-7-23(20-39)33-27(41)5-2)36-30(28(35-25)29(32)42)34-22-8-9-26(21(3)19-22)38-13-10-24(11-14-38)37-15-17-40(43)18-16-37/h5,8-9,19,23-24,43H,2,4,6-7,10-18,20H2,1,3H3,(H2,32,42)(H,33,41)(H,34,36). The molecule has 3 aliphatic rings. The number of primary amides is 1. The van der Waals surface area contributed by atoms with Crippen LogP contribution in [0.4, 0.5) is 23.0 Å². The average Bonchev–Trinajstić information content (AvgIpc) is 3.01. The molecule has 0 aliphatic carbocycles. The molecule has 1 aromatic carbocycles. The Hall–Kier alpha value is -3.35. The van der Waals surface area contributed by atoms with Crippen molar-refractivity contribution >= 4 is 47.6 Å². The number of anilines is 4. The minimum atomic E-state index is -0.627. The Kier molecular flexibility index (Phi) is 10.1. The largest absolute Gasteiger partial charge is 0.371 e. The number of carbonyl (C=O) groups is 2. The van der Waals surface area contributed by atoms with Gasteiger partial charge in [-0.1, -0.05) is 26.3 Å². The van der Waals surface area contributed by atoms with Gasteiger partial charge in [0.15, 0.2) is 17.3 Å². The van der Waals surface area contributed by atoms with Gasteiger partial charge in [0.25, 0.3) is 5.91 Å². The Morgan fingerprint density at radius 3 is 2.47 bits per heavy atom. The van der Waals surface area contributed by atoms with Crippen molar-refractivity contribution in [2.45, 2.75) is 58.0 Å². The molecule has 3 saturated heterocycles. The Morgan fingerprint density at radius 2 is 1.81 bits per heavy atom. The van der Waals surface area contributed by atoms with Crippen molar-refractivity contribution in [2.24, 2.45) is 5.73 Å². The molecule has 1 atom stereocenters. The first-order valence-electron chi connectivity index (χ1n) is 15.4. The highest BCUT2D eigenvalue weighted by Crippen LogP contribution is 2.31. The molecule has 4 N–H and O–H groups in total. The first-order valence-corrected chi connectivity index (χ1v) is 15.8. The van der Waals surface area contributed by atoms with E-state index in [0.29, 0.717) is 36.3 Å². The number of benzene rings is 1. The topological polar surface area (TPSA) is 123 Å². The maximum atomic E-state index is 12.5. The minimum absolute atomic E-state index is 0.0171. The lowest BCUT2D eigenvalue weighted by atomic mass is 10.0. The zero-order chi connectivity index (χ0) is 30.5. The van der Waals surface area contributed by atoms with E-state index in [0.717, 1.165) is 82.7 Å². The normalized spacial score (nSPS) is 20.6. The van der Waals surface area contributed by atoms with Gasteiger partial charge in [-0.3, -0.25) is 18.8 Å². The monoisotopic (exact) mass is 607 g/mol. The van der Waals surface area contributed by atoms with Crippen molar-refractivity contribution in [1.29, 1.82) is 0 Å². The molecule has 232 valence electrons.